The van der Waals surface area contributed by atoms with Crippen molar-refractivity contribution in [2.45, 2.75) is 48.5 Å². The summed E-state index contributed by atoms with van der Waals surface area (Å²) in [7, 11) is 0. The van der Waals surface area contributed by atoms with E-state index in [1.54, 1.807) is 13.0 Å². The van der Waals surface area contributed by atoms with Crippen LogP contribution in [0.25, 0.3) is 11.1 Å². The van der Waals surface area contributed by atoms with E-state index in [-0.39, 0.29) is 42.3 Å². The van der Waals surface area contributed by atoms with Crippen molar-refractivity contribution in [3.8, 4) is 0 Å². The Balaban J connectivity index is 0.00000784. The van der Waals surface area contributed by atoms with E-state index in [0.29, 0.717) is 11.5 Å². The molecule has 152 valence electrons. The molecule has 0 saturated heterocycles. The van der Waals surface area contributed by atoms with Gasteiger partial charge in [-0.3, -0.25) is 4.39 Å². The predicted molar refractivity (Wildman–Crippen MR) is 118 cm³/mol. The van der Waals surface area contributed by atoms with Gasteiger partial charge in [-0.1, -0.05) is 56.2 Å². The van der Waals surface area contributed by atoms with Crippen LogP contribution in [0, 0.1) is 56.1 Å². The van der Waals surface area contributed by atoms with Gasteiger partial charge in [0.2, 0.25) is 0 Å². The van der Waals surface area contributed by atoms with Crippen LogP contribution in [0.15, 0.2) is 65.8 Å². The molecule has 1 aromatic rings. The molecule has 0 aliphatic carbocycles. The maximum absolute atomic E-state index is 14.8. The van der Waals surface area contributed by atoms with E-state index in [1.807, 2.05) is 32.1 Å². The van der Waals surface area contributed by atoms with E-state index in [4.69, 9.17) is 0 Å². The van der Waals surface area contributed by atoms with Gasteiger partial charge in [-0.2, -0.15) is 12.1 Å². The van der Waals surface area contributed by atoms with Gasteiger partial charge in [0.25, 0.3) is 0 Å². The molecule has 0 N–H and O–H groups in total. The molecule has 1 aromatic carbocycles. The number of hydrogen-bond donors (Lipinski definition) is 0. The zero-order valence-electron chi connectivity index (χ0n) is 18.5. The second-order valence-electron chi connectivity index (χ2n) is 6.93. The maximum atomic E-state index is 14.8. The van der Waals surface area contributed by atoms with Crippen molar-refractivity contribution in [3.63, 3.8) is 0 Å². The number of allylic oxidation sites excluding steroid dienone is 11. The Bertz CT molecular complexity index is 878. The third-order valence-corrected chi connectivity index (χ3v) is 4.63. The van der Waals surface area contributed by atoms with E-state index < -0.39 is 11.7 Å². The molecule has 0 aliphatic rings. The van der Waals surface area contributed by atoms with Gasteiger partial charge in [0.1, 0.15) is 5.83 Å². The SMILES string of the molecule is C=C(/C=C\C(=C/C)C(C)C)c1[c-]c(C(=[C-]C)/C(F)=C(C)\C(F)=C/C)ccc1C.[U+2]. The number of benzene rings is 1. The summed E-state index contributed by atoms with van der Waals surface area (Å²) in [5.41, 5.74) is 4.46. The molecule has 0 amide bonds. The monoisotopic (exact) mass is 618 g/mol. The van der Waals surface area contributed by atoms with Gasteiger partial charge in [-0.05, 0) is 38.1 Å². The molecule has 0 heterocycles. The minimum absolute atomic E-state index is 0. The number of hydrogen-bond acceptors (Lipinski definition) is 0. The van der Waals surface area contributed by atoms with Crippen molar-refractivity contribution >= 4 is 11.1 Å². The second-order valence-corrected chi connectivity index (χ2v) is 6.93. The minimum atomic E-state index is -0.638. The summed E-state index contributed by atoms with van der Waals surface area (Å²) < 4.78 is 28.7. The molecule has 0 radical (unpaired) electrons. The van der Waals surface area contributed by atoms with Crippen molar-refractivity contribution in [2.75, 3.05) is 0 Å². The largest absolute Gasteiger partial charge is 2.00 e. The van der Waals surface area contributed by atoms with Crippen LogP contribution in [-0.2, 0) is 0 Å². The van der Waals surface area contributed by atoms with E-state index in [0.717, 1.165) is 16.7 Å². The zero-order chi connectivity index (χ0) is 21.4. The Morgan fingerprint density at radius 1 is 1.14 bits per heavy atom. The van der Waals surface area contributed by atoms with Crippen LogP contribution < -0.4 is 0 Å². The third kappa shape index (κ3) is 7.40. The van der Waals surface area contributed by atoms with Crippen molar-refractivity contribution in [3.05, 3.63) is 94.6 Å². The molecule has 29 heavy (non-hydrogen) atoms. The van der Waals surface area contributed by atoms with E-state index in [1.165, 1.54) is 25.5 Å². The average Bonchev–Trinajstić information content (AvgIpc) is 2.68. The summed E-state index contributed by atoms with van der Waals surface area (Å²) in [4.78, 5) is 0. The molecule has 3 heteroatoms. The Morgan fingerprint density at radius 2 is 1.76 bits per heavy atom. The molecule has 0 fully saturated rings. The van der Waals surface area contributed by atoms with Crippen molar-refractivity contribution in [2.24, 2.45) is 5.92 Å². The Labute approximate surface area is 199 Å². The summed E-state index contributed by atoms with van der Waals surface area (Å²) in [6, 6.07) is 6.91. The summed E-state index contributed by atoms with van der Waals surface area (Å²) in [5, 5.41) is 0. The molecule has 0 spiro atoms. The third-order valence-electron chi connectivity index (χ3n) is 4.63. The van der Waals surface area contributed by atoms with Crippen LogP contribution in [0.1, 0.15) is 58.2 Å². The van der Waals surface area contributed by atoms with Gasteiger partial charge < -0.3 is 0 Å². The van der Waals surface area contributed by atoms with Crippen molar-refractivity contribution in [1.82, 2.24) is 0 Å². The van der Waals surface area contributed by atoms with E-state index in [9.17, 15) is 8.78 Å². The van der Waals surface area contributed by atoms with E-state index >= 15 is 0 Å². The van der Waals surface area contributed by atoms with Crippen LogP contribution in [0.5, 0.6) is 0 Å². The van der Waals surface area contributed by atoms with Gasteiger partial charge in [-0.15, -0.1) is 30.7 Å². The van der Waals surface area contributed by atoms with Crippen molar-refractivity contribution in [1.29, 1.82) is 0 Å². The molecule has 0 bridgehead atoms. The molecule has 0 saturated carbocycles. The molecule has 0 aliphatic heterocycles. The summed E-state index contributed by atoms with van der Waals surface area (Å²) >= 11 is 0. The topological polar surface area (TPSA) is 0 Å². The average molecular weight is 619 g/mol. The van der Waals surface area contributed by atoms with Crippen LogP contribution in [0.2, 0.25) is 0 Å². The van der Waals surface area contributed by atoms with Crippen LogP contribution in [0.4, 0.5) is 8.78 Å². The zero-order valence-corrected chi connectivity index (χ0v) is 22.7. The first kappa shape index (κ1) is 27.6. The Morgan fingerprint density at radius 3 is 2.24 bits per heavy atom. The Kier molecular flexibility index (Phi) is 12.4. The number of aryl methyl sites for hydroxylation is 1. The van der Waals surface area contributed by atoms with Gasteiger partial charge in [-0.25, -0.2) is 21.6 Å². The van der Waals surface area contributed by atoms with Gasteiger partial charge in [0.05, 0.1) is 0 Å². The normalized spacial score (nSPS) is 14.2. The van der Waals surface area contributed by atoms with Crippen molar-refractivity contribution < 1.29 is 39.9 Å². The first-order chi connectivity index (χ1) is 13.2. The fourth-order valence-corrected chi connectivity index (χ4v) is 2.82. The van der Waals surface area contributed by atoms with E-state index in [2.05, 4.69) is 38.6 Å². The number of halogens is 2. The first-order valence-electron chi connectivity index (χ1n) is 9.48. The molecule has 1 rings (SSSR count). The first-order valence-corrected chi connectivity index (χ1v) is 9.48. The summed E-state index contributed by atoms with van der Waals surface area (Å²) in [5.74, 6) is -0.808. The van der Waals surface area contributed by atoms with Crippen LogP contribution in [0.3, 0.4) is 0 Å². The Hall–Kier alpha value is -1.43. The summed E-state index contributed by atoms with van der Waals surface area (Å²) in [6.07, 6.45) is 10.2. The molecule has 0 unspecified atom stereocenters. The minimum Gasteiger partial charge on any atom is -0.292 e. The molecular formula is C26H30F2U. The van der Waals surface area contributed by atoms with Crippen LogP contribution >= 0.6 is 0 Å². The van der Waals surface area contributed by atoms with Gasteiger partial charge in [0.15, 0.2) is 0 Å². The fraction of sp³-hybridized carbons (Fsp3) is 0.308. The van der Waals surface area contributed by atoms with Gasteiger partial charge in [0, 0.05) is 0 Å². The molecule has 0 aromatic heterocycles. The standard InChI is InChI=1S/C26H30F2.U/c1-9-21(17(4)5)14-12-18(6)24-16-22(15-13-19(24)7)23(10-2)26(28)20(8)25(27)11-3;/h9,11-15,17H,6H2,1-5,7-8H3;/q-2;+2/b14-12-,21-9+,25-11+,26-20+;. The fourth-order valence-electron chi connectivity index (χ4n) is 2.82. The molecule has 0 nitrogen and oxygen atoms in total. The summed E-state index contributed by atoms with van der Waals surface area (Å²) in [6.45, 7) is 17.0. The molecule has 0 atom stereocenters. The van der Waals surface area contributed by atoms with Crippen LogP contribution in [-0.4, -0.2) is 0 Å². The van der Waals surface area contributed by atoms with Gasteiger partial charge >= 0.3 is 31.1 Å². The predicted octanol–water partition coefficient (Wildman–Crippen LogP) is 8.29. The smallest absolute Gasteiger partial charge is 0.292 e. The maximum Gasteiger partial charge on any atom is 2.00 e. The molecular weight excluding hydrogens is 588 g/mol. The second kappa shape index (κ2) is 13.0. The quantitative estimate of drug-likeness (QED) is 0.213. The number of rotatable bonds is 7.